The third kappa shape index (κ3) is 3.61. The number of likely N-dealkylation sites (N-methyl/N-ethyl adjacent to an activating group) is 1. The molecule has 0 radical (unpaired) electrons. The number of fused-ring (bicyclic) bond motifs is 2. The summed E-state index contributed by atoms with van der Waals surface area (Å²) in [5.74, 6) is 1.82. The smallest absolute Gasteiger partial charge is 0.232 e. The minimum absolute atomic E-state index is 0.0285. The summed E-state index contributed by atoms with van der Waals surface area (Å²) in [4.78, 5) is 22.7. The Morgan fingerprint density at radius 1 is 1.31 bits per heavy atom. The number of amides is 1. The van der Waals surface area contributed by atoms with Crippen LogP contribution in [0.3, 0.4) is 0 Å². The van der Waals surface area contributed by atoms with Gasteiger partial charge in [-0.25, -0.2) is 9.97 Å². The fourth-order valence-electron chi connectivity index (χ4n) is 2.67. The molecule has 4 rings (SSSR count). The quantitative estimate of drug-likeness (QED) is 0.495. The van der Waals surface area contributed by atoms with Crippen molar-refractivity contribution in [3.8, 4) is 11.5 Å². The van der Waals surface area contributed by atoms with Crippen molar-refractivity contribution >= 4 is 39.2 Å². The van der Waals surface area contributed by atoms with E-state index in [1.165, 1.54) is 18.1 Å². The normalized spacial score (nSPS) is 15.8. The molecule has 0 fully saturated rings. The van der Waals surface area contributed by atoms with Gasteiger partial charge in [-0.05, 0) is 23.6 Å². The zero-order valence-electron chi connectivity index (χ0n) is 14.1. The first-order valence-corrected chi connectivity index (χ1v) is 10.0. The number of hydrogen-bond acceptors (Lipinski definition) is 7. The average Bonchev–Trinajstić information content (AvgIpc) is 3.15. The zero-order chi connectivity index (χ0) is 17.9. The predicted molar refractivity (Wildman–Crippen MR) is 102 cm³/mol. The van der Waals surface area contributed by atoms with Crippen molar-refractivity contribution in [3.63, 3.8) is 0 Å². The van der Waals surface area contributed by atoms with E-state index in [2.05, 4.69) is 9.97 Å². The van der Waals surface area contributed by atoms with Crippen LogP contribution in [0.1, 0.15) is 0 Å². The van der Waals surface area contributed by atoms with E-state index in [-0.39, 0.29) is 12.0 Å². The number of thioether (sulfide) groups is 1. The van der Waals surface area contributed by atoms with E-state index in [0.29, 0.717) is 18.9 Å². The van der Waals surface area contributed by atoms with Gasteiger partial charge in [-0.1, -0.05) is 23.9 Å². The minimum Gasteiger partial charge on any atom is -0.486 e. The van der Waals surface area contributed by atoms with E-state index < -0.39 is 0 Å². The number of hydrogen-bond donors (Lipinski definition) is 0. The van der Waals surface area contributed by atoms with Crippen molar-refractivity contribution in [3.05, 3.63) is 42.0 Å². The van der Waals surface area contributed by atoms with E-state index >= 15 is 0 Å². The molecule has 1 aliphatic heterocycles. The van der Waals surface area contributed by atoms with Crippen LogP contribution in [0.5, 0.6) is 11.5 Å². The lowest BCUT2D eigenvalue weighted by Crippen LogP contribution is -2.42. The number of carbonyl (C=O) groups is 1. The van der Waals surface area contributed by atoms with E-state index in [4.69, 9.17) is 9.47 Å². The molecule has 0 bridgehead atoms. The summed E-state index contributed by atoms with van der Waals surface area (Å²) in [6.07, 6.45) is 1.36. The predicted octanol–water partition coefficient (Wildman–Crippen LogP) is 3.08. The Hall–Kier alpha value is -2.32. The lowest BCUT2D eigenvalue weighted by Gasteiger charge is -2.29. The summed E-state index contributed by atoms with van der Waals surface area (Å²) in [5, 5.41) is 2.83. The van der Waals surface area contributed by atoms with Crippen LogP contribution in [0.4, 0.5) is 0 Å². The van der Waals surface area contributed by atoms with Gasteiger partial charge < -0.3 is 14.4 Å². The van der Waals surface area contributed by atoms with E-state index in [0.717, 1.165) is 26.7 Å². The maximum atomic E-state index is 12.5. The Labute approximate surface area is 159 Å². The molecule has 0 saturated heterocycles. The lowest BCUT2D eigenvalue weighted by atomic mass is 10.2. The molecule has 0 spiro atoms. The van der Waals surface area contributed by atoms with Gasteiger partial charge in [0, 0.05) is 7.05 Å². The molecule has 3 heterocycles. The lowest BCUT2D eigenvalue weighted by molar-refractivity contribution is -0.128. The fourth-order valence-corrected chi connectivity index (χ4v) is 4.56. The standard InChI is InChI=1S/C18H17N3O3S2/c1-21(8-12-9-23-14-4-2-3-5-15(14)24-12)16(22)10-26-18-17-13(6-7-25-17)19-11-20-18/h2-7,11-12H,8-10H2,1H3. The molecule has 0 saturated carbocycles. The molecule has 1 unspecified atom stereocenters. The number of benzene rings is 1. The monoisotopic (exact) mass is 387 g/mol. The number of ether oxygens (including phenoxy) is 2. The van der Waals surface area contributed by atoms with Crippen LogP contribution >= 0.6 is 23.1 Å². The van der Waals surface area contributed by atoms with Crippen molar-refractivity contribution in [2.45, 2.75) is 11.1 Å². The number of thiophene rings is 1. The maximum Gasteiger partial charge on any atom is 0.232 e. The van der Waals surface area contributed by atoms with Crippen molar-refractivity contribution in [2.24, 2.45) is 0 Å². The summed E-state index contributed by atoms with van der Waals surface area (Å²) in [7, 11) is 1.79. The highest BCUT2D eigenvalue weighted by Gasteiger charge is 2.23. The van der Waals surface area contributed by atoms with Crippen molar-refractivity contribution < 1.29 is 14.3 Å². The Morgan fingerprint density at radius 3 is 3.04 bits per heavy atom. The minimum atomic E-state index is -0.174. The molecule has 8 heteroatoms. The van der Waals surface area contributed by atoms with Crippen LogP contribution in [-0.2, 0) is 4.79 Å². The molecule has 1 aromatic carbocycles. The number of para-hydroxylation sites is 2. The van der Waals surface area contributed by atoms with Crippen LogP contribution in [0.15, 0.2) is 47.1 Å². The van der Waals surface area contributed by atoms with E-state index in [1.807, 2.05) is 35.7 Å². The Bertz CT molecular complexity index is 931. The third-order valence-corrected chi connectivity index (χ3v) is 6.03. The molecule has 0 aliphatic carbocycles. The van der Waals surface area contributed by atoms with Gasteiger partial charge in [0.1, 0.15) is 18.0 Å². The SMILES string of the molecule is CN(CC1COc2ccccc2O1)C(=O)CSc1ncnc2ccsc12. The summed E-state index contributed by atoms with van der Waals surface area (Å²) < 4.78 is 12.6. The molecule has 1 atom stereocenters. The Balaban J connectivity index is 1.33. The van der Waals surface area contributed by atoms with Gasteiger partial charge in [0.05, 0.1) is 22.5 Å². The largest absolute Gasteiger partial charge is 0.486 e. The Kier molecular flexibility index (Phi) is 4.94. The van der Waals surface area contributed by atoms with Gasteiger partial charge in [-0.2, -0.15) is 0 Å². The second-order valence-corrected chi connectivity index (χ2v) is 7.75. The molecular formula is C18H17N3O3S2. The van der Waals surface area contributed by atoms with E-state index in [9.17, 15) is 4.79 Å². The molecule has 1 amide bonds. The van der Waals surface area contributed by atoms with Crippen molar-refractivity contribution in [1.29, 1.82) is 0 Å². The van der Waals surface area contributed by atoms with Gasteiger partial charge in [0.2, 0.25) is 5.91 Å². The molecule has 3 aromatic rings. The molecule has 6 nitrogen and oxygen atoms in total. The second-order valence-electron chi connectivity index (χ2n) is 5.87. The highest BCUT2D eigenvalue weighted by Crippen LogP contribution is 2.31. The van der Waals surface area contributed by atoms with Gasteiger partial charge in [-0.15, -0.1) is 11.3 Å². The van der Waals surface area contributed by atoms with Crippen molar-refractivity contribution in [2.75, 3.05) is 26.0 Å². The van der Waals surface area contributed by atoms with Crippen LogP contribution < -0.4 is 9.47 Å². The van der Waals surface area contributed by atoms with Crippen molar-refractivity contribution in [1.82, 2.24) is 14.9 Å². The van der Waals surface area contributed by atoms with E-state index in [1.54, 1.807) is 23.3 Å². The van der Waals surface area contributed by atoms with Gasteiger partial charge in [0.25, 0.3) is 0 Å². The fraction of sp³-hybridized carbons (Fsp3) is 0.278. The summed E-state index contributed by atoms with van der Waals surface area (Å²) in [6.45, 7) is 0.912. The highest BCUT2D eigenvalue weighted by atomic mass is 32.2. The van der Waals surface area contributed by atoms with Crippen LogP contribution in [0, 0.1) is 0 Å². The molecule has 1 aliphatic rings. The topological polar surface area (TPSA) is 64.6 Å². The van der Waals surface area contributed by atoms with Gasteiger partial charge >= 0.3 is 0 Å². The first-order valence-electron chi connectivity index (χ1n) is 8.14. The molecule has 26 heavy (non-hydrogen) atoms. The molecule has 0 N–H and O–H groups in total. The average molecular weight is 387 g/mol. The first-order chi connectivity index (χ1) is 12.7. The Morgan fingerprint density at radius 2 is 2.15 bits per heavy atom. The molecular weight excluding hydrogens is 370 g/mol. The summed E-state index contributed by atoms with van der Waals surface area (Å²) in [6, 6.07) is 9.53. The molecule has 2 aromatic heterocycles. The third-order valence-electron chi connectivity index (χ3n) is 4.01. The number of nitrogens with zero attached hydrogens (tertiary/aromatic N) is 3. The first kappa shape index (κ1) is 17.1. The van der Waals surface area contributed by atoms with Crippen LogP contribution in [0.2, 0.25) is 0 Å². The maximum absolute atomic E-state index is 12.5. The highest BCUT2D eigenvalue weighted by molar-refractivity contribution is 8.00. The summed E-state index contributed by atoms with van der Waals surface area (Å²) in [5.41, 5.74) is 0.916. The van der Waals surface area contributed by atoms with Crippen LogP contribution in [0.25, 0.3) is 10.2 Å². The number of carbonyl (C=O) groups excluding carboxylic acids is 1. The van der Waals surface area contributed by atoms with Gasteiger partial charge in [-0.3, -0.25) is 4.79 Å². The van der Waals surface area contributed by atoms with Crippen LogP contribution in [-0.4, -0.2) is 52.8 Å². The summed E-state index contributed by atoms with van der Waals surface area (Å²) >= 11 is 3.03. The second kappa shape index (κ2) is 7.51. The number of rotatable bonds is 5. The zero-order valence-corrected chi connectivity index (χ0v) is 15.8. The number of aromatic nitrogens is 2. The molecule has 134 valence electrons. The van der Waals surface area contributed by atoms with Gasteiger partial charge in [0.15, 0.2) is 17.6 Å².